The van der Waals surface area contributed by atoms with Crippen LogP contribution in [0.2, 0.25) is 0 Å². The van der Waals surface area contributed by atoms with Gasteiger partial charge in [-0.2, -0.15) is 0 Å². The number of nitrogens with zero attached hydrogens (tertiary/aromatic N) is 5. The zero-order valence-corrected chi connectivity index (χ0v) is 16.9. The molecule has 7 nitrogen and oxygen atoms in total. The molecule has 0 N–H and O–H groups in total. The number of para-hydroxylation sites is 1. The van der Waals surface area contributed by atoms with E-state index in [1.54, 1.807) is 0 Å². The first-order valence-corrected chi connectivity index (χ1v) is 10.6. The molecule has 1 saturated heterocycles. The maximum atomic E-state index is 13.5. The number of rotatable bonds is 2. The quantitative estimate of drug-likeness (QED) is 0.781. The lowest BCUT2D eigenvalue weighted by Crippen LogP contribution is -2.47. The molecule has 29 heavy (non-hydrogen) atoms. The normalized spacial score (nSPS) is 19.2. The monoisotopic (exact) mass is 393 g/mol. The number of aromatic nitrogens is 2. The molecule has 1 fully saturated rings. The van der Waals surface area contributed by atoms with Gasteiger partial charge in [0.1, 0.15) is 0 Å². The second-order valence-corrected chi connectivity index (χ2v) is 8.27. The summed E-state index contributed by atoms with van der Waals surface area (Å²) in [5, 5.41) is 0. The van der Waals surface area contributed by atoms with Gasteiger partial charge in [-0.15, -0.1) is 0 Å². The third kappa shape index (κ3) is 3.13. The van der Waals surface area contributed by atoms with Crippen LogP contribution in [0.3, 0.4) is 0 Å². The predicted molar refractivity (Wildman–Crippen MR) is 110 cm³/mol. The molecule has 1 aromatic carbocycles. The van der Waals surface area contributed by atoms with Crippen LogP contribution in [-0.2, 0) is 19.4 Å². The number of fused-ring (bicyclic) bond motifs is 2. The molecule has 0 radical (unpaired) electrons. The van der Waals surface area contributed by atoms with Crippen LogP contribution in [0.15, 0.2) is 24.3 Å². The average Bonchev–Trinajstić information content (AvgIpc) is 3.35. The fourth-order valence-electron chi connectivity index (χ4n) is 4.71. The van der Waals surface area contributed by atoms with Crippen LogP contribution >= 0.6 is 0 Å². The summed E-state index contributed by atoms with van der Waals surface area (Å²) in [5.74, 6) is 0.334. The van der Waals surface area contributed by atoms with Crippen LogP contribution in [0, 0.1) is 0 Å². The maximum Gasteiger partial charge on any atom is 0.289 e. The number of likely N-dealkylation sites (N-methyl/N-ethyl adjacent to an activating group) is 1. The molecular formula is C22H27N5O2. The number of hydrogen-bond acceptors (Lipinski definition) is 4. The summed E-state index contributed by atoms with van der Waals surface area (Å²) in [6.45, 7) is 4.60. The second-order valence-electron chi connectivity index (χ2n) is 8.27. The molecule has 4 heterocycles. The van der Waals surface area contributed by atoms with E-state index in [9.17, 15) is 9.59 Å². The van der Waals surface area contributed by atoms with Crippen molar-refractivity contribution in [3.8, 4) is 0 Å². The first kappa shape index (κ1) is 18.4. The van der Waals surface area contributed by atoms with Gasteiger partial charge in [0.15, 0.2) is 11.5 Å². The Bertz CT molecular complexity index is 958. The molecule has 0 saturated carbocycles. The number of carbonyl (C=O) groups excluding carboxylic acids is 2. The average molecular weight is 393 g/mol. The largest absolute Gasteiger partial charge is 0.333 e. The molecule has 152 valence electrons. The van der Waals surface area contributed by atoms with E-state index in [4.69, 9.17) is 0 Å². The van der Waals surface area contributed by atoms with Crippen molar-refractivity contribution in [1.82, 2.24) is 19.4 Å². The van der Waals surface area contributed by atoms with Gasteiger partial charge in [0.2, 0.25) is 0 Å². The minimum atomic E-state index is -0.0713. The molecule has 0 spiro atoms. The van der Waals surface area contributed by atoms with E-state index in [1.165, 1.54) is 5.56 Å². The van der Waals surface area contributed by atoms with Crippen molar-refractivity contribution < 1.29 is 9.59 Å². The predicted octanol–water partition coefficient (Wildman–Crippen LogP) is 1.81. The standard InChI is InChI=1S/C22H27N5O2/c1-24-12-14-25(15-13-24)22(29)20-23-19(18-8-4-5-10-26(18)20)21(28)27-11-9-16-6-2-3-7-17(16)27/h2-3,6-7H,4-5,8-15H2,1H3. The van der Waals surface area contributed by atoms with Gasteiger partial charge in [-0.1, -0.05) is 18.2 Å². The smallest absolute Gasteiger partial charge is 0.289 e. The lowest BCUT2D eigenvalue weighted by molar-refractivity contribution is 0.0645. The van der Waals surface area contributed by atoms with Gasteiger partial charge in [0, 0.05) is 45.0 Å². The Morgan fingerprint density at radius 2 is 1.69 bits per heavy atom. The van der Waals surface area contributed by atoms with Gasteiger partial charge < -0.3 is 19.3 Å². The van der Waals surface area contributed by atoms with E-state index >= 15 is 0 Å². The number of piperazine rings is 1. The van der Waals surface area contributed by atoms with Gasteiger partial charge in [0.05, 0.1) is 5.69 Å². The number of amides is 2. The Morgan fingerprint density at radius 1 is 0.897 bits per heavy atom. The molecule has 2 amide bonds. The second kappa shape index (κ2) is 7.30. The van der Waals surface area contributed by atoms with Gasteiger partial charge in [0.25, 0.3) is 11.8 Å². The van der Waals surface area contributed by atoms with Crippen LogP contribution in [0.1, 0.15) is 45.2 Å². The van der Waals surface area contributed by atoms with E-state index in [2.05, 4.69) is 23.0 Å². The Hall–Kier alpha value is -2.67. The number of benzene rings is 1. The van der Waals surface area contributed by atoms with Crippen LogP contribution in [0.5, 0.6) is 0 Å². The molecule has 0 atom stereocenters. The Morgan fingerprint density at radius 3 is 2.52 bits per heavy atom. The van der Waals surface area contributed by atoms with Gasteiger partial charge in [-0.25, -0.2) is 4.98 Å². The van der Waals surface area contributed by atoms with E-state index in [1.807, 2.05) is 32.6 Å². The van der Waals surface area contributed by atoms with Gasteiger partial charge in [-0.05, 0) is 44.4 Å². The zero-order chi connectivity index (χ0) is 20.0. The van der Waals surface area contributed by atoms with Crippen molar-refractivity contribution in [3.63, 3.8) is 0 Å². The molecule has 0 unspecified atom stereocenters. The fraction of sp³-hybridized carbons (Fsp3) is 0.500. The summed E-state index contributed by atoms with van der Waals surface area (Å²) in [7, 11) is 2.07. The molecule has 3 aliphatic rings. The molecule has 1 aromatic heterocycles. The summed E-state index contributed by atoms with van der Waals surface area (Å²) in [6.07, 6.45) is 3.72. The Kier molecular flexibility index (Phi) is 4.62. The van der Waals surface area contributed by atoms with Crippen LogP contribution < -0.4 is 4.90 Å². The summed E-state index contributed by atoms with van der Waals surface area (Å²) in [4.78, 5) is 37.3. The third-order valence-electron chi connectivity index (χ3n) is 6.43. The van der Waals surface area contributed by atoms with E-state index in [0.29, 0.717) is 31.2 Å². The van der Waals surface area contributed by atoms with Crippen molar-refractivity contribution in [2.45, 2.75) is 32.2 Å². The van der Waals surface area contributed by atoms with E-state index < -0.39 is 0 Å². The lowest BCUT2D eigenvalue weighted by Gasteiger charge is -2.32. The number of imidazole rings is 1. The third-order valence-corrected chi connectivity index (χ3v) is 6.43. The fourth-order valence-corrected chi connectivity index (χ4v) is 4.71. The molecule has 5 rings (SSSR count). The number of hydrogen-bond donors (Lipinski definition) is 0. The van der Waals surface area contributed by atoms with Gasteiger partial charge in [-0.3, -0.25) is 9.59 Å². The molecule has 3 aliphatic heterocycles. The van der Waals surface area contributed by atoms with Crippen molar-refractivity contribution in [2.24, 2.45) is 0 Å². The van der Waals surface area contributed by atoms with E-state index in [0.717, 1.165) is 56.7 Å². The molecule has 0 bridgehead atoms. The topological polar surface area (TPSA) is 61.7 Å². The minimum absolute atomic E-state index is 0.0397. The highest BCUT2D eigenvalue weighted by atomic mass is 16.2. The van der Waals surface area contributed by atoms with Crippen molar-refractivity contribution >= 4 is 17.5 Å². The summed E-state index contributed by atoms with van der Waals surface area (Å²) in [5.41, 5.74) is 3.58. The summed E-state index contributed by atoms with van der Waals surface area (Å²) < 4.78 is 2.01. The van der Waals surface area contributed by atoms with Crippen molar-refractivity contribution in [2.75, 3.05) is 44.7 Å². The maximum absolute atomic E-state index is 13.5. The molecular weight excluding hydrogens is 366 g/mol. The Balaban J connectivity index is 1.48. The highest BCUT2D eigenvalue weighted by molar-refractivity contribution is 6.07. The summed E-state index contributed by atoms with van der Waals surface area (Å²) in [6, 6.07) is 8.06. The molecule has 0 aliphatic carbocycles. The molecule has 7 heteroatoms. The lowest BCUT2D eigenvalue weighted by atomic mass is 10.1. The highest BCUT2D eigenvalue weighted by Gasteiger charge is 2.34. The van der Waals surface area contributed by atoms with Gasteiger partial charge >= 0.3 is 0 Å². The van der Waals surface area contributed by atoms with Crippen molar-refractivity contribution in [3.05, 3.63) is 47.0 Å². The number of anilines is 1. The van der Waals surface area contributed by atoms with E-state index in [-0.39, 0.29) is 11.8 Å². The number of carbonyl (C=O) groups is 2. The molecule has 2 aromatic rings. The summed E-state index contributed by atoms with van der Waals surface area (Å²) >= 11 is 0. The SMILES string of the molecule is CN1CCN(C(=O)c2nc(C(=O)N3CCc4ccccc43)c3n2CCCC3)CC1. The van der Waals surface area contributed by atoms with Crippen LogP contribution in [0.4, 0.5) is 5.69 Å². The first-order chi connectivity index (χ1) is 14.1. The zero-order valence-electron chi connectivity index (χ0n) is 16.9. The highest BCUT2D eigenvalue weighted by Crippen LogP contribution is 2.31. The van der Waals surface area contributed by atoms with Crippen molar-refractivity contribution in [1.29, 1.82) is 0 Å². The minimum Gasteiger partial charge on any atom is -0.333 e. The first-order valence-electron chi connectivity index (χ1n) is 10.6. The Labute approximate surface area is 170 Å². The van der Waals surface area contributed by atoms with Crippen LogP contribution in [0.25, 0.3) is 0 Å². The van der Waals surface area contributed by atoms with Crippen LogP contribution in [-0.4, -0.2) is 70.9 Å².